The molecule has 0 spiro atoms. The number of rotatable bonds is 6. The van der Waals surface area contributed by atoms with Crippen LogP contribution in [0.1, 0.15) is 31.7 Å². The Morgan fingerprint density at radius 2 is 2.10 bits per heavy atom. The van der Waals surface area contributed by atoms with Crippen molar-refractivity contribution in [1.82, 2.24) is 4.90 Å². The van der Waals surface area contributed by atoms with E-state index in [0.717, 1.165) is 24.8 Å². The Bertz CT molecular complexity index is 540. The molecule has 1 amide bonds. The lowest BCUT2D eigenvalue weighted by atomic mass is 9.64. The summed E-state index contributed by atoms with van der Waals surface area (Å²) >= 11 is 0. The van der Waals surface area contributed by atoms with Crippen molar-refractivity contribution in [2.24, 2.45) is 5.41 Å². The third kappa shape index (κ3) is 3.40. The first-order valence-electron chi connectivity index (χ1n) is 7.22. The largest absolute Gasteiger partial charge is 0.480 e. The van der Waals surface area contributed by atoms with Gasteiger partial charge in [0.1, 0.15) is 12.4 Å². The summed E-state index contributed by atoms with van der Waals surface area (Å²) in [7, 11) is 0. The van der Waals surface area contributed by atoms with Gasteiger partial charge in [-0.05, 0) is 43.9 Å². The van der Waals surface area contributed by atoms with E-state index in [4.69, 9.17) is 5.11 Å². The van der Waals surface area contributed by atoms with Crippen molar-refractivity contribution >= 4 is 11.9 Å². The van der Waals surface area contributed by atoms with Gasteiger partial charge in [0.15, 0.2) is 0 Å². The first-order chi connectivity index (χ1) is 9.97. The van der Waals surface area contributed by atoms with Gasteiger partial charge in [0.05, 0.1) is 5.41 Å². The van der Waals surface area contributed by atoms with E-state index in [1.165, 1.54) is 17.0 Å². The van der Waals surface area contributed by atoms with Crippen LogP contribution in [0.2, 0.25) is 0 Å². The standard InChI is InChI=1S/C16H20FNO3/c1-2-18(11-14(19)20)15(21)16(7-4-8-16)10-12-5-3-6-13(17)9-12/h3,5-6,9H,2,4,7-8,10-11H2,1H3,(H,19,20). The van der Waals surface area contributed by atoms with E-state index in [-0.39, 0.29) is 18.3 Å². The molecule has 0 bridgehead atoms. The average molecular weight is 293 g/mol. The topological polar surface area (TPSA) is 57.6 Å². The smallest absolute Gasteiger partial charge is 0.323 e. The van der Waals surface area contributed by atoms with Crippen LogP contribution in [0.15, 0.2) is 24.3 Å². The molecule has 0 unspecified atom stereocenters. The zero-order valence-electron chi connectivity index (χ0n) is 12.1. The van der Waals surface area contributed by atoms with Crippen LogP contribution in [0, 0.1) is 11.2 Å². The Labute approximate surface area is 123 Å². The highest BCUT2D eigenvalue weighted by molar-refractivity contribution is 5.87. The Kier molecular flexibility index (Phi) is 4.60. The number of amides is 1. The Morgan fingerprint density at radius 1 is 1.38 bits per heavy atom. The lowest BCUT2D eigenvalue weighted by molar-refractivity contribution is -0.153. The molecule has 1 fully saturated rings. The van der Waals surface area contributed by atoms with Crippen molar-refractivity contribution in [3.8, 4) is 0 Å². The second-order valence-corrected chi connectivity index (χ2v) is 5.65. The predicted octanol–water partition coefficient (Wildman–Crippen LogP) is 2.47. The van der Waals surface area contributed by atoms with Crippen molar-refractivity contribution in [3.63, 3.8) is 0 Å². The maximum Gasteiger partial charge on any atom is 0.323 e. The predicted molar refractivity (Wildman–Crippen MR) is 76.3 cm³/mol. The molecule has 2 rings (SSSR count). The molecular weight excluding hydrogens is 273 g/mol. The Hall–Kier alpha value is -1.91. The first kappa shape index (κ1) is 15.5. The van der Waals surface area contributed by atoms with Gasteiger partial charge in [0.2, 0.25) is 5.91 Å². The van der Waals surface area contributed by atoms with E-state index in [0.29, 0.717) is 13.0 Å². The number of aliphatic carboxylic acids is 1. The van der Waals surface area contributed by atoms with Gasteiger partial charge in [-0.1, -0.05) is 18.6 Å². The summed E-state index contributed by atoms with van der Waals surface area (Å²) in [6.45, 7) is 1.87. The molecule has 1 aliphatic carbocycles. The maximum atomic E-state index is 13.3. The molecule has 0 aromatic heterocycles. The molecule has 4 nitrogen and oxygen atoms in total. The van der Waals surface area contributed by atoms with Gasteiger partial charge in [0.25, 0.3) is 0 Å². The number of hydrogen-bond acceptors (Lipinski definition) is 2. The zero-order valence-corrected chi connectivity index (χ0v) is 12.1. The van der Waals surface area contributed by atoms with Gasteiger partial charge in [-0.2, -0.15) is 0 Å². The quantitative estimate of drug-likeness (QED) is 0.876. The molecule has 1 saturated carbocycles. The molecule has 0 atom stereocenters. The van der Waals surface area contributed by atoms with Crippen LogP contribution in [0.25, 0.3) is 0 Å². The molecule has 114 valence electrons. The van der Waals surface area contributed by atoms with Crippen LogP contribution in [0.5, 0.6) is 0 Å². The Balaban J connectivity index is 2.16. The maximum absolute atomic E-state index is 13.3. The highest BCUT2D eigenvalue weighted by Crippen LogP contribution is 2.45. The molecule has 0 saturated heterocycles. The summed E-state index contributed by atoms with van der Waals surface area (Å²) in [6, 6.07) is 6.27. The number of halogens is 1. The van der Waals surface area contributed by atoms with Crippen molar-refractivity contribution < 1.29 is 19.1 Å². The normalized spacial score (nSPS) is 16.1. The molecule has 1 N–H and O–H groups in total. The van der Waals surface area contributed by atoms with E-state index in [2.05, 4.69) is 0 Å². The summed E-state index contributed by atoms with van der Waals surface area (Å²) < 4.78 is 13.3. The van der Waals surface area contributed by atoms with E-state index in [1.807, 2.05) is 6.07 Å². The van der Waals surface area contributed by atoms with Gasteiger partial charge in [-0.15, -0.1) is 0 Å². The summed E-state index contributed by atoms with van der Waals surface area (Å²) in [5, 5.41) is 8.90. The fourth-order valence-corrected chi connectivity index (χ4v) is 2.93. The lowest BCUT2D eigenvalue weighted by Crippen LogP contribution is -2.50. The molecule has 1 aliphatic rings. The van der Waals surface area contributed by atoms with Crippen LogP contribution < -0.4 is 0 Å². The molecule has 0 radical (unpaired) electrons. The fourth-order valence-electron chi connectivity index (χ4n) is 2.93. The number of carbonyl (C=O) groups is 2. The second kappa shape index (κ2) is 6.24. The lowest BCUT2D eigenvalue weighted by Gasteiger charge is -2.43. The van der Waals surface area contributed by atoms with E-state index in [9.17, 15) is 14.0 Å². The van der Waals surface area contributed by atoms with Gasteiger partial charge in [0, 0.05) is 6.54 Å². The minimum atomic E-state index is -1.01. The molecule has 5 heteroatoms. The Morgan fingerprint density at radius 3 is 2.57 bits per heavy atom. The number of benzene rings is 1. The van der Waals surface area contributed by atoms with Gasteiger partial charge >= 0.3 is 5.97 Å². The number of likely N-dealkylation sites (N-methyl/N-ethyl adjacent to an activating group) is 1. The number of carboxylic acid groups (broad SMARTS) is 1. The van der Waals surface area contributed by atoms with Gasteiger partial charge in [-0.25, -0.2) is 4.39 Å². The molecule has 0 aliphatic heterocycles. The third-order valence-electron chi connectivity index (χ3n) is 4.19. The van der Waals surface area contributed by atoms with E-state index >= 15 is 0 Å². The van der Waals surface area contributed by atoms with Gasteiger partial charge < -0.3 is 10.0 Å². The van der Waals surface area contributed by atoms with Crippen LogP contribution in [0.4, 0.5) is 4.39 Å². The van der Waals surface area contributed by atoms with Gasteiger partial charge in [-0.3, -0.25) is 9.59 Å². The third-order valence-corrected chi connectivity index (χ3v) is 4.19. The van der Waals surface area contributed by atoms with Crippen LogP contribution in [-0.2, 0) is 16.0 Å². The molecule has 1 aromatic rings. The molecule has 1 aromatic carbocycles. The van der Waals surface area contributed by atoms with Crippen molar-refractivity contribution in [2.45, 2.75) is 32.6 Å². The zero-order chi connectivity index (χ0) is 15.5. The number of nitrogens with zero attached hydrogens (tertiary/aromatic N) is 1. The SMILES string of the molecule is CCN(CC(=O)O)C(=O)C1(Cc2cccc(F)c2)CCC1. The van der Waals surface area contributed by atoms with E-state index in [1.54, 1.807) is 13.0 Å². The molecular formula is C16H20FNO3. The highest BCUT2D eigenvalue weighted by atomic mass is 19.1. The molecule has 21 heavy (non-hydrogen) atoms. The number of hydrogen-bond donors (Lipinski definition) is 1. The van der Waals surface area contributed by atoms with Crippen molar-refractivity contribution in [1.29, 1.82) is 0 Å². The summed E-state index contributed by atoms with van der Waals surface area (Å²) in [4.78, 5) is 24.9. The van der Waals surface area contributed by atoms with Crippen LogP contribution in [-0.4, -0.2) is 35.0 Å². The second-order valence-electron chi connectivity index (χ2n) is 5.65. The van der Waals surface area contributed by atoms with Crippen LogP contribution >= 0.6 is 0 Å². The monoisotopic (exact) mass is 293 g/mol. The minimum Gasteiger partial charge on any atom is -0.480 e. The number of carbonyl (C=O) groups excluding carboxylic acids is 1. The fraction of sp³-hybridized carbons (Fsp3) is 0.500. The van der Waals surface area contributed by atoms with Crippen molar-refractivity contribution in [3.05, 3.63) is 35.6 Å². The van der Waals surface area contributed by atoms with E-state index < -0.39 is 11.4 Å². The molecule has 0 heterocycles. The highest BCUT2D eigenvalue weighted by Gasteiger charge is 2.46. The number of carboxylic acids is 1. The summed E-state index contributed by atoms with van der Waals surface area (Å²) in [5.41, 5.74) is 0.230. The summed E-state index contributed by atoms with van der Waals surface area (Å²) in [6.07, 6.45) is 2.89. The van der Waals surface area contributed by atoms with Crippen molar-refractivity contribution in [2.75, 3.05) is 13.1 Å². The first-order valence-corrected chi connectivity index (χ1v) is 7.22. The van der Waals surface area contributed by atoms with Crippen LogP contribution in [0.3, 0.4) is 0 Å². The summed E-state index contributed by atoms with van der Waals surface area (Å²) in [5.74, 6) is -1.44. The minimum absolute atomic E-state index is 0.122. The average Bonchev–Trinajstić information content (AvgIpc) is 2.39.